The number of thioether (sulfide) groups is 2. The molecule has 2 aliphatic carbocycles. The van der Waals surface area contributed by atoms with E-state index in [4.69, 9.17) is 0 Å². The van der Waals surface area contributed by atoms with E-state index in [9.17, 15) is 18.8 Å². The molecule has 1 saturated carbocycles. The summed E-state index contributed by atoms with van der Waals surface area (Å²) in [5.41, 5.74) is 6.64. The molecular weight excluding hydrogens is 582 g/mol. The van der Waals surface area contributed by atoms with E-state index in [-0.39, 0.29) is 34.6 Å². The van der Waals surface area contributed by atoms with Crippen LogP contribution in [-0.2, 0) is 9.59 Å². The Morgan fingerprint density at radius 2 is 1.93 bits per heavy atom. The molecule has 1 amide bonds. The molecule has 1 N–H and O–H groups in total. The molecule has 1 aliphatic heterocycles. The third-order valence-electron chi connectivity index (χ3n) is 7.56. The van der Waals surface area contributed by atoms with Crippen LogP contribution >= 0.6 is 23.5 Å². The second-order valence-electron chi connectivity index (χ2n) is 11.2. The fourth-order valence-electron chi connectivity index (χ4n) is 5.42. The van der Waals surface area contributed by atoms with Gasteiger partial charge in [-0.25, -0.2) is 9.38 Å². The quantitative estimate of drug-likeness (QED) is 0.0826. The lowest BCUT2D eigenvalue weighted by atomic mass is 9.87. The summed E-state index contributed by atoms with van der Waals surface area (Å²) < 4.78 is 14.1. The molecule has 9 heteroatoms. The van der Waals surface area contributed by atoms with Gasteiger partial charge in [-0.1, -0.05) is 30.5 Å². The number of aromatic nitrogens is 1. The van der Waals surface area contributed by atoms with Crippen molar-refractivity contribution in [3.63, 3.8) is 0 Å². The van der Waals surface area contributed by atoms with Gasteiger partial charge in [0.2, 0.25) is 17.5 Å². The summed E-state index contributed by atoms with van der Waals surface area (Å²) in [6.45, 7) is 11.4. The first-order valence-corrected chi connectivity index (χ1v) is 16.8. The number of ketones is 2. The number of amides is 1. The van der Waals surface area contributed by atoms with E-state index in [0.717, 1.165) is 53.5 Å². The van der Waals surface area contributed by atoms with Crippen LogP contribution in [0.4, 0.5) is 4.39 Å². The van der Waals surface area contributed by atoms with Crippen LogP contribution in [0.15, 0.2) is 76.3 Å². The Kier molecular flexibility index (Phi) is 11.7. The number of pyridine rings is 1. The summed E-state index contributed by atoms with van der Waals surface area (Å²) in [7, 11) is 0. The predicted molar refractivity (Wildman–Crippen MR) is 176 cm³/mol. The number of hydrogen-bond acceptors (Lipinski definition) is 7. The highest BCUT2D eigenvalue weighted by Gasteiger charge is 2.31. The molecule has 1 aromatic heterocycles. The first-order valence-electron chi connectivity index (χ1n) is 14.6. The molecule has 226 valence electrons. The zero-order valence-corrected chi connectivity index (χ0v) is 26.5. The van der Waals surface area contributed by atoms with Gasteiger partial charge in [0.1, 0.15) is 11.4 Å². The maximum atomic E-state index is 14.1. The Morgan fingerprint density at radius 1 is 1.21 bits per heavy atom. The summed E-state index contributed by atoms with van der Waals surface area (Å²) in [5.74, 6) is 1.12. The van der Waals surface area contributed by atoms with Gasteiger partial charge in [0.05, 0.1) is 28.3 Å². The van der Waals surface area contributed by atoms with Crippen LogP contribution in [0.2, 0.25) is 0 Å². The Balaban J connectivity index is 1.45. The average molecular weight is 620 g/mol. The first-order chi connectivity index (χ1) is 20.6. The smallest absolute Gasteiger partial charge is 0.230 e. The van der Waals surface area contributed by atoms with Crippen molar-refractivity contribution in [3.05, 3.63) is 88.4 Å². The van der Waals surface area contributed by atoms with Crippen LogP contribution < -0.4 is 5.32 Å². The highest BCUT2D eigenvalue weighted by molar-refractivity contribution is 8.14. The standard InChI is InChI=1S/C34H38FN3O3S2/c1-5-32(37-22(4)14-21(2)3)43-20-31(39)38-27-8-6-23(7-9-27)16-29-33(40)25(15-24-10-12-42-13-11-24)17-30-28(34(29)41)18-26(35)19-36-30/h5,14,17-19,24,27H,1-2,6-13,15,20H2,3-4H3,(H,38,39)/b22-14-,37-32?. The molecule has 1 aromatic rings. The molecule has 0 aromatic carbocycles. The van der Waals surface area contributed by atoms with Crippen molar-refractivity contribution in [1.82, 2.24) is 10.3 Å². The largest absolute Gasteiger partial charge is 0.353 e. The summed E-state index contributed by atoms with van der Waals surface area (Å²) in [6.07, 6.45) is 11.4. The molecule has 0 atom stereocenters. The van der Waals surface area contributed by atoms with Crippen molar-refractivity contribution in [3.8, 4) is 0 Å². The van der Waals surface area contributed by atoms with Crippen LogP contribution in [0.5, 0.6) is 0 Å². The number of Topliss-reactive ketones (excluding diaryl/α,β-unsaturated/α-hetero) is 2. The second kappa shape index (κ2) is 15.5. The SMILES string of the molecule is C=CC(=N/C(C)=C\C(=C)C)SCC(=O)NC1CCC(=C=C2C(=O)C(CC3CCSCC3)=Cc3ncc(F)cc3C2=O)CC1. The van der Waals surface area contributed by atoms with Crippen molar-refractivity contribution in [2.75, 3.05) is 17.3 Å². The monoisotopic (exact) mass is 619 g/mol. The van der Waals surface area contributed by atoms with Crippen molar-refractivity contribution in [1.29, 1.82) is 0 Å². The van der Waals surface area contributed by atoms with Crippen molar-refractivity contribution in [2.24, 2.45) is 10.9 Å². The minimum atomic E-state index is -0.618. The van der Waals surface area contributed by atoms with E-state index in [1.165, 1.54) is 11.8 Å². The lowest BCUT2D eigenvalue weighted by Crippen LogP contribution is -2.37. The zero-order valence-electron chi connectivity index (χ0n) is 24.8. The van der Waals surface area contributed by atoms with Gasteiger partial charge in [-0.05, 0) is 106 Å². The molecular formula is C34H38FN3O3S2. The summed E-state index contributed by atoms with van der Waals surface area (Å²) >= 11 is 3.24. The van der Waals surface area contributed by atoms with E-state index in [1.54, 1.807) is 12.2 Å². The number of nitrogens with zero attached hydrogens (tertiary/aromatic N) is 2. The minimum absolute atomic E-state index is 0.0167. The van der Waals surface area contributed by atoms with Crippen molar-refractivity contribution >= 4 is 52.1 Å². The molecule has 4 rings (SSSR count). The highest BCUT2D eigenvalue weighted by Crippen LogP contribution is 2.33. The minimum Gasteiger partial charge on any atom is -0.353 e. The summed E-state index contributed by atoms with van der Waals surface area (Å²) in [4.78, 5) is 48.5. The Hall–Kier alpha value is -3.26. The molecule has 3 aliphatic rings. The second-order valence-corrected chi connectivity index (χ2v) is 13.4. The van der Waals surface area contributed by atoms with Gasteiger partial charge < -0.3 is 5.32 Å². The number of carbonyl (C=O) groups excluding carboxylic acids is 3. The molecule has 0 bridgehead atoms. The van der Waals surface area contributed by atoms with Crippen molar-refractivity contribution < 1.29 is 18.8 Å². The number of halogens is 1. The normalized spacial score (nSPS) is 20.2. The molecule has 2 fully saturated rings. The van der Waals surface area contributed by atoms with Crippen LogP contribution in [0.25, 0.3) is 6.08 Å². The number of aliphatic imine (C=N–C) groups is 1. The van der Waals surface area contributed by atoms with E-state index >= 15 is 0 Å². The fourth-order valence-corrected chi connectivity index (χ4v) is 7.32. The lowest BCUT2D eigenvalue weighted by molar-refractivity contribution is -0.119. The average Bonchev–Trinajstić information content (AvgIpc) is 3.07. The number of hydrogen-bond donors (Lipinski definition) is 1. The topological polar surface area (TPSA) is 88.5 Å². The van der Waals surface area contributed by atoms with Crippen LogP contribution in [0.1, 0.15) is 74.8 Å². The maximum Gasteiger partial charge on any atom is 0.230 e. The lowest BCUT2D eigenvalue weighted by Gasteiger charge is -2.24. The number of carbonyl (C=O) groups is 3. The highest BCUT2D eigenvalue weighted by atomic mass is 32.2. The zero-order chi connectivity index (χ0) is 30.9. The molecule has 43 heavy (non-hydrogen) atoms. The first kappa shape index (κ1) is 32.6. The van der Waals surface area contributed by atoms with E-state index < -0.39 is 11.6 Å². The van der Waals surface area contributed by atoms with Crippen molar-refractivity contribution in [2.45, 2.75) is 64.8 Å². The van der Waals surface area contributed by atoms with E-state index in [1.807, 2.05) is 31.7 Å². The Morgan fingerprint density at radius 3 is 2.60 bits per heavy atom. The van der Waals surface area contributed by atoms with Crippen LogP contribution in [-0.4, -0.2) is 50.8 Å². The molecule has 2 heterocycles. The third-order valence-corrected chi connectivity index (χ3v) is 9.57. The molecule has 1 saturated heterocycles. The third kappa shape index (κ3) is 9.36. The Bertz CT molecular complexity index is 1470. The summed E-state index contributed by atoms with van der Waals surface area (Å²) in [6, 6.07) is 1.14. The van der Waals surface area contributed by atoms with Gasteiger partial charge in [-0.2, -0.15) is 11.8 Å². The van der Waals surface area contributed by atoms with E-state index in [0.29, 0.717) is 54.3 Å². The van der Waals surface area contributed by atoms with Crippen LogP contribution in [0.3, 0.4) is 0 Å². The Labute approximate surface area is 261 Å². The van der Waals surface area contributed by atoms with Gasteiger partial charge >= 0.3 is 0 Å². The van der Waals surface area contributed by atoms with E-state index in [2.05, 4.69) is 34.2 Å². The number of allylic oxidation sites excluding steroid dienone is 5. The fraction of sp³-hybridized carbons (Fsp3) is 0.412. The van der Waals surface area contributed by atoms with Gasteiger partial charge in [-0.3, -0.25) is 19.4 Å². The molecule has 0 unspecified atom stereocenters. The molecule has 6 nitrogen and oxygen atoms in total. The van der Waals surface area contributed by atoms with Crippen LogP contribution in [0, 0.1) is 11.7 Å². The summed E-state index contributed by atoms with van der Waals surface area (Å²) in [5, 5.41) is 3.75. The van der Waals surface area contributed by atoms with Gasteiger partial charge in [0.25, 0.3) is 0 Å². The maximum absolute atomic E-state index is 14.1. The van der Waals surface area contributed by atoms with Gasteiger partial charge in [0, 0.05) is 17.3 Å². The van der Waals surface area contributed by atoms with Gasteiger partial charge in [0.15, 0.2) is 0 Å². The number of fused-ring (bicyclic) bond motifs is 1. The molecule has 0 radical (unpaired) electrons. The van der Waals surface area contributed by atoms with Gasteiger partial charge in [-0.15, -0.1) is 5.73 Å². The number of nitrogens with one attached hydrogen (secondary N) is 1. The predicted octanol–water partition coefficient (Wildman–Crippen LogP) is 7.21. The number of rotatable bonds is 8. The molecule has 0 spiro atoms.